The van der Waals surface area contributed by atoms with Crippen molar-refractivity contribution < 1.29 is 4.74 Å². The summed E-state index contributed by atoms with van der Waals surface area (Å²) in [4.78, 5) is 30.9. The third kappa shape index (κ3) is 3.44. The molecule has 4 aromatic rings. The van der Waals surface area contributed by atoms with Crippen LogP contribution in [0.1, 0.15) is 24.1 Å². The highest BCUT2D eigenvalue weighted by molar-refractivity contribution is 5.74. The first kappa shape index (κ1) is 17.7. The number of aryl methyl sites for hydroxylation is 1. The molecule has 4 heterocycles. The predicted molar refractivity (Wildman–Crippen MR) is 107 cm³/mol. The van der Waals surface area contributed by atoms with E-state index in [1.807, 2.05) is 19.1 Å². The number of fused-ring (bicyclic) bond motifs is 1. The van der Waals surface area contributed by atoms with E-state index in [0.29, 0.717) is 17.2 Å². The summed E-state index contributed by atoms with van der Waals surface area (Å²) in [6.45, 7) is 3.59. The molecule has 0 atom stereocenters. The summed E-state index contributed by atoms with van der Waals surface area (Å²) >= 11 is 0. The molecule has 0 bridgehead atoms. The Morgan fingerprint density at radius 2 is 1.93 bits per heavy atom. The van der Waals surface area contributed by atoms with E-state index in [1.54, 1.807) is 0 Å². The first-order valence-corrected chi connectivity index (χ1v) is 9.71. The van der Waals surface area contributed by atoms with Crippen LogP contribution in [0.2, 0.25) is 0 Å². The van der Waals surface area contributed by atoms with Crippen molar-refractivity contribution in [1.29, 1.82) is 0 Å². The van der Waals surface area contributed by atoms with E-state index < -0.39 is 0 Å². The molecule has 1 aromatic carbocycles. The average Bonchev–Trinajstić information content (AvgIpc) is 3.37. The Hall–Kier alpha value is -3.33. The SMILES string of the molecule is Cc1cc(-c2nc3[nH]c(=O)[nH]c3nc2CC2CCOCC2)ccc1-c1ncn[nH]1. The van der Waals surface area contributed by atoms with E-state index in [0.717, 1.165) is 66.4 Å². The molecule has 3 aromatic heterocycles. The summed E-state index contributed by atoms with van der Waals surface area (Å²) in [5.74, 6) is 1.22. The monoisotopic (exact) mass is 391 g/mol. The lowest BCUT2D eigenvalue weighted by Crippen LogP contribution is -2.18. The van der Waals surface area contributed by atoms with Crippen molar-refractivity contribution in [2.45, 2.75) is 26.2 Å². The van der Waals surface area contributed by atoms with Crippen molar-refractivity contribution in [3.05, 3.63) is 46.3 Å². The summed E-state index contributed by atoms with van der Waals surface area (Å²) in [7, 11) is 0. The smallest absolute Gasteiger partial charge is 0.326 e. The molecular weight excluding hydrogens is 370 g/mol. The van der Waals surface area contributed by atoms with Crippen LogP contribution in [0.25, 0.3) is 33.9 Å². The van der Waals surface area contributed by atoms with Crippen LogP contribution in [0, 0.1) is 12.8 Å². The van der Waals surface area contributed by atoms with E-state index in [-0.39, 0.29) is 5.69 Å². The van der Waals surface area contributed by atoms with Gasteiger partial charge in [0, 0.05) is 24.3 Å². The molecule has 0 radical (unpaired) electrons. The number of nitrogens with one attached hydrogen (secondary N) is 3. The fourth-order valence-electron chi connectivity index (χ4n) is 3.90. The fraction of sp³-hybridized carbons (Fsp3) is 0.350. The summed E-state index contributed by atoms with van der Waals surface area (Å²) < 4.78 is 5.49. The molecule has 9 nitrogen and oxygen atoms in total. The highest BCUT2D eigenvalue weighted by Crippen LogP contribution is 2.30. The van der Waals surface area contributed by atoms with Gasteiger partial charge in [-0.25, -0.2) is 19.7 Å². The molecule has 1 fully saturated rings. The lowest BCUT2D eigenvalue weighted by atomic mass is 9.92. The molecule has 29 heavy (non-hydrogen) atoms. The standard InChI is InChI=1S/C20H21N7O2/c1-11-8-13(2-3-14(11)17-21-10-22-27-17)16-15(9-12-4-6-29-7-5-12)23-18-19(24-16)26-20(28)25-18/h2-3,8,10,12H,4-7,9H2,1H3,(H,21,22,27)(H2,23,24,25,26,28). The largest absolute Gasteiger partial charge is 0.381 e. The lowest BCUT2D eigenvalue weighted by Gasteiger charge is -2.22. The topological polar surface area (TPSA) is 125 Å². The maximum absolute atomic E-state index is 11.7. The number of benzene rings is 1. The molecule has 1 aliphatic rings. The maximum atomic E-state index is 11.7. The van der Waals surface area contributed by atoms with Crippen molar-refractivity contribution in [2.24, 2.45) is 5.92 Å². The zero-order chi connectivity index (χ0) is 19.8. The van der Waals surface area contributed by atoms with Gasteiger partial charge in [0.05, 0.1) is 11.4 Å². The molecule has 148 valence electrons. The van der Waals surface area contributed by atoms with Crippen molar-refractivity contribution in [1.82, 2.24) is 35.1 Å². The number of ether oxygens (including phenoxy) is 1. The Balaban J connectivity index is 1.59. The number of aromatic nitrogens is 7. The van der Waals surface area contributed by atoms with E-state index >= 15 is 0 Å². The Morgan fingerprint density at radius 3 is 2.66 bits per heavy atom. The van der Waals surface area contributed by atoms with Crippen molar-refractivity contribution in [3.63, 3.8) is 0 Å². The highest BCUT2D eigenvalue weighted by Gasteiger charge is 2.20. The minimum absolute atomic E-state index is 0.300. The van der Waals surface area contributed by atoms with E-state index in [9.17, 15) is 4.79 Å². The summed E-state index contributed by atoms with van der Waals surface area (Å²) in [6, 6.07) is 6.10. The average molecular weight is 391 g/mol. The molecule has 3 N–H and O–H groups in total. The van der Waals surface area contributed by atoms with Gasteiger partial charge in [-0.2, -0.15) is 5.10 Å². The number of aromatic amines is 3. The molecule has 9 heteroatoms. The minimum atomic E-state index is -0.300. The zero-order valence-corrected chi connectivity index (χ0v) is 16.0. The molecule has 0 unspecified atom stereocenters. The second-order valence-corrected chi connectivity index (χ2v) is 7.42. The Morgan fingerprint density at radius 1 is 1.14 bits per heavy atom. The molecule has 0 spiro atoms. The molecular formula is C20H21N7O2. The fourth-order valence-corrected chi connectivity index (χ4v) is 3.90. The third-order valence-electron chi connectivity index (χ3n) is 5.42. The molecule has 0 aliphatic carbocycles. The predicted octanol–water partition coefficient (Wildman–Crippen LogP) is 2.38. The third-order valence-corrected chi connectivity index (χ3v) is 5.42. The van der Waals surface area contributed by atoms with E-state index in [1.165, 1.54) is 6.33 Å². The van der Waals surface area contributed by atoms with Gasteiger partial charge in [-0.05, 0) is 43.7 Å². The molecule has 1 saturated heterocycles. The maximum Gasteiger partial charge on any atom is 0.326 e. The van der Waals surface area contributed by atoms with Gasteiger partial charge in [0.25, 0.3) is 0 Å². The normalized spacial score (nSPS) is 15.2. The lowest BCUT2D eigenvalue weighted by molar-refractivity contribution is 0.0663. The van der Waals surface area contributed by atoms with Crippen LogP contribution in [0.4, 0.5) is 0 Å². The summed E-state index contributed by atoms with van der Waals surface area (Å²) in [5, 5.41) is 6.83. The van der Waals surface area contributed by atoms with Gasteiger partial charge in [0.2, 0.25) is 0 Å². The number of rotatable bonds is 4. The summed E-state index contributed by atoms with van der Waals surface area (Å²) in [6.07, 6.45) is 4.31. The Labute approximate surface area is 166 Å². The van der Waals surface area contributed by atoms with Crippen molar-refractivity contribution >= 4 is 11.3 Å². The van der Waals surface area contributed by atoms with Crippen LogP contribution in [0.3, 0.4) is 0 Å². The number of hydrogen-bond donors (Lipinski definition) is 3. The van der Waals surface area contributed by atoms with Crippen LogP contribution in [-0.2, 0) is 11.2 Å². The van der Waals surface area contributed by atoms with Gasteiger partial charge < -0.3 is 4.74 Å². The van der Waals surface area contributed by atoms with E-state index in [4.69, 9.17) is 14.7 Å². The van der Waals surface area contributed by atoms with E-state index in [2.05, 4.69) is 31.2 Å². The van der Waals surface area contributed by atoms with Gasteiger partial charge in [0.15, 0.2) is 17.1 Å². The van der Waals surface area contributed by atoms with Gasteiger partial charge in [-0.3, -0.25) is 15.1 Å². The molecule has 0 saturated carbocycles. The first-order chi connectivity index (χ1) is 14.2. The van der Waals surface area contributed by atoms with Crippen molar-refractivity contribution in [3.8, 4) is 22.6 Å². The van der Waals surface area contributed by atoms with Gasteiger partial charge in [-0.1, -0.05) is 12.1 Å². The quantitative estimate of drug-likeness (QED) is 0.490. The molecule has 1 aliphatic heterocycles. The van der Waals surface area contributed by atoms with Crippen LogP contribution in [-0.4, -0.2) is 48.3 Å². The van der Waals surface area contributed by atoms with Gasteiger partial charge in [0.1, 0.15) is 6.33 Å². The van der Waals surface area contributed by atoms with Crippen LogP contribution in [0.15, 0.2) is 29.3 Å². The van der Waals surface area contributed by atoms with Crippen LogP contribution < -0.4 is 5.69 Å². The number of nitrogens with zero attached hydrogens (tertiary/aromatic N) is 4. The molecule has 5 rings (SSSR count). The number of imidazole rings is 1. The Kier molecular flexibility index (Phi) is 4.44. The van der Waals surface area contributed by atoms with Crippen LogP contribution in [0.5, 0.6) is 0 Å². The van der Waals surface area contributed by atoms with Gasteiger partial charge in [-0.15, -0.1) is 0 Å². The van der Waals surface area contributed by atoms with Crippen molar-refractivity contribution in [2.75, 3.05) is 13.2 Å². The minimum Gasteiger partial charge on any atom is -0.381 e. The number of H-pyrrole nitrogens is 3. The first-order valence-electron chi connectivity index (χ1n) is 9.71. The highest BCUT2D eigenvalue weighted by atomic mass is 16.5. The molecule has 0 amide bonds. The second-order valence-electron chi connectivity index (χ2n) is 7.42. The Bertz CT molecular complexity index is 1200. The van der Waals surface area contributed by atoms with Crippen LogP contribution >= 0.6 is 0 Å². The van der Waals surface area contributed by atoms with Gasteiger partial charge >= 0.3 is 5.69 Å². The summed E-state index contributed by atoms with van der Waals surface area (Å²) in [5.41, 5.74) is 5.36. The second kappa shape index (κ2) is 7.25. The zero-order valence-electron chi connectivity index (χ0n) is 16.0. The number of hydrogen-bond acceptors (Lipinski definition) is 6.